The van der Waals surface area contributed by atoms with Gasteiger partial charge < -0.3 is 23.6 Å². The molecular formula is C41H56N6O3. The van der Waals surface area contributed by atoms with Crippen LogP contribution < -0.4 is 9.80 Å². The first-order chi connectivity index (χ1) is 24.6. The Morgan fingerprint density at radius 1 is 0.660 bits per heavy atom. The van der Waals surface area contributed by atoms with Crippen molar-refractivity contribution in [3.63, 3.8) is 0 Å². The molecule has 0 atom stereocenters. The lowest BCUT2D eigenvalue weighted by atomic mass is 10.1. The van der Waals surface area contributed by atoms with Crippen LogP contribution >= 0.6 is 0 Å². The Morgan fingerprint density at radius 2 is 1.32 bits per heavy atom. The lowest BCUT2D eigenvalue weighted by Crippen LogP contribution is -2.47. The highest BCUT2D eigenvalue weighted by Crippen LogP contribution is 2.20. The molecule has 4 aromatic rings. The average Bonchev–Trinajstić information content (AvgIpc) is 3.79. The lowest BCUT2D eigenvalue weighted by molar-refractivity contribution is 0.121. The van der Waals surface area contributed by atoms with Crippen LogP contribution in [0.1, 0.15) is 59.7 Å². The number of aryl methyl sites for hydroxylation is 5. The van der Waals surface area contributed by atoms with Gasteiger partial charge in [0.05, 0.1) is 18.9 Å². The van der Waals surface area contributed by atoms with Crippen molar-refractivity contribution in [1.29, 1.82) is 0 Å². The van der Waals surface area contributed by atoms with Crippen molar-refractivity contribution >= 4 is 17.5 Å². The lowest BCUT2D eigenvalue weighted by Gasteiger charge is -2.36. The molecule has 0 spiro atoms. The van der Waals surface area contributed by atoms with Crippen LogP contribution in [0.2, 0.25) is 0 Å². The van der Waals surface area contributed by atoms with Gasteiger partial charge in [-0.3, -0.25) is 9.80 Å². The second-order valence-electron chi connectivity index (χ2n) is 13.9. The largest absolute Gasteiger partial charge is 0.376 e. The van der Waals surface area contributed by atoms with E-state index >= 15 is 0 Å². The molecule has 2 aliphatic rings. The molecule has 0 N–H and O–H groups in total. The van der Waals surface area contributed by atoms with Crippen LogP contribution in [-0.4, -0.2) is 98.8 Å². The summed E-state index contributed by atoms with van der Waals surface area (Å²) in [5, 5.41) is 8.33. The van der Waals surface area contributed by atoms with Crippen molar-refractivity contribution in [2.45, 2.75) is 58.8 Å². The summed E-state index contributed by atoms with van der Waals surface area (Å²) >= 11 is 0. The second-order valence-corrected chi connectivity index (χ2v) is 13.9. The van der Waals surface area contributed by atoms with Gasteiger partial charge in [0.25, 0.3) is 0 Å². The van der Waals surface area contributed by atoms with Gasteiger partial charge in [0.1, 0.15) is 17.2 Å². The van der Waals surface area contributed by atoms with Gasteiger partial charge in [0.15, 0.2) is 0 Å². The summed E-state index contributed by atoms with van der Waals surface area (Å²) in [6.45, 7) is 16.3. The molecule has 2 aliphatic heterocycles. The quantitative estimate of drug-likeness (QED) is 0.105. The first kappa shape index (κ1) is 35.9. The van der Waals surface area contributed by atoms with E-state index in [1.165, 1.54) is 67.8 Å². The predicted molar refractivity (Wildman–Crippen MR) is 202 cm³/mol. The molecule has 9 nitrogen and oxygen atoms in total. The molecule has 2 saturated heterocycles. The highest BCUT2D eigenvalue weighted by Gasteiger charge is 2.18. The van der Waals surface area contributed by atoms with Gasteiger partial charge in [-0.1, -0.05) is 59.1 Å². The number of nitrogens with zero attached hydrogens (tertiary/aromatic N) is 6. The summed E-state index contributed by atoms with van der Waals surface area (Å²) in [7, 11) is 0. The molecule has 268 valence electrons. The number of aromatic nitrogens is 2. The third-order valence-corrected chi connectivity index (χ3v) is 10.1. The fourth-order valence-electron chi connectivity index (χ4n) is 6.92. The first-order valence-electron chi connectivity index (χ1n) is 18.8. The zero-order valence-corrected chi connectivity index (χ0v) is 30.3. The van der Waals surface area contributed by atoms with Crippen molar-refractivity contribution in [3.05, 3.63) is 101 Å². The Labute approximate surface area is 298 Å². The summed E-state index contributed by atoms with van der Waals surface area (Å²) in [5.74, 6) is 1.81. The fraction of sp³-hybridized carbons (Fsp3) is 0.512. The van der Waals surface area contributed by atoms with Crippen LogP contribution in [0.15, 0.2) is 75.8 Å². The number of piperazine rings is 2. The SMILES string of the molecule is Cc1ccc(N2CCN(CCCCCCc3cc(CCc4ccc(N5CCN(CCOC/C=C/c6cc(C)on6)CC5)cc4)on3)CC2)cc1. The van der Waals surface area contributed by atoms with E-state index in [1.807, 2.05) is 25.1 Å². The number of rotatable bonds is 18. The van der Waals surface area contributed by atoms with Crippen LogP contribution in [0.5, 0.6) is 0 Å². The first-order valence-corrected chi connectivity index (χ1v) is 18.8. The van der Waals surface area contributed by atoms with Gasteiger partial charge in [0.2, 0.25) is 0 Å². The highest BCUT2D eigenvalue weighted by molar-refractivity contribution is 5.49. The van der Waals surface area contributed by atoms with Crippen LogP contribution in [-0.2, 0) is 24.0 Å². The normalized spacial score (nSPS) is 16.2. The minimum atomic E-state index is 0.588. The van der Waals surface area contributed by atoms with Gasteiger partial charge in [-0.25, -0.2) is 0 Å². The predicted octanol–water partition coefficient (Wildman–Crippen LogP) is 6.84. The van der Waals surface area contributed by atoms with Crippen LogP contribution in [0.4, 0.5) is 11.4 Å². The van der Waals surface area contributed by atoms with E-state index in [0.29, 0.717) is 6.61 Å². The summed E-state index contributed by atoms with van der Waals surface area (Å²) in [6.07, 6.45) is 11.8. The van der Waals surface area contributed by atoms with Gasteiger partial charge in [-0.05, 0) is 82.0 Å². The monoisotopic (exact) mass is 680 g/mol. The van der Waals surface area contributed by atoms with Crippen LogP contribution in [0, 0.1) is 13.8 Å². The average molecular weight is 681 g/mol. The zero-order valence-electron chi connectivity index (χ0n) is 30.3. The maximum atomic E-state index is 5.79. The van der Waals surface area contributed by atoms with Crippen LogP contribution in [0.3, 0.4) is 0 Å². The Bertz CT molecular complexity index is 1560. The van der Waals surface area contributed by atoms with Gasteiger partial charge in [-0.15, -0.1) is 0 Å². The van der Waals surface area contributed by atoms with E-state index in [2.05, 4.69) is 91.4 Å². The summed E-state index contributed by atoms with van der Waals surface area (Å²) in [4.78, 5) is 10.1. The topological polar surface area (TPSA) is 74.2 Å². The van der Waals surface area contributed by atoms with Crippen molar-refractivity contribution < 1.29 is 13.8 Å². The Kier molecular flexibility index (Phi) is 13.6. The number of ether oxygens (including phenoxy) is 1. The molecule has 0 saturated carbocycles. The Morgan fingerprint density at radius 3 is 2.00 bits per heavy atom. The Balaban J connectivity index is 0.787. The van der Waals surface area contributed by atoms with E-state index in [4.69, 9.17) is 13.8 Å². The molecule has 4 heterocycles. The summed E-state index contributed by atoms with van der Waals surface area (Å²) in [6, 6.07) is 22.1. The number of unbranched alkanes of at least 4 members (excludes halogenated alkanes) is 3. The molecular weight excluding hydrogens is 624 g/mol. The minimum absolute atomic E-state index is 0.588. The van der Waals surface area contributed by atoms with Gasteiger partial charge in [0, 0.05) is 88.8 Å². The molecule has 6 rings (SSSR count). The molecule has 2 fully saturated rings. The molecule has 0 bridgehead atoms. The molecule has 2 aromatic carbocycles. The standard InChI is InChI=1S/C41H56N6O3/c1-34-10-15-39(16-11-34)46-25-21-44(22-26-46)20-6-4-3-5-8-38-33-41(50-43-38)19-14-36-12-17-40(18-13-36)47-27-23-45(24-28-47)29-31-48-30-7-9-37-32-35(2)49-42-37/h7,9-13,15-18,32-33H,3-6,8,14,19-31H2,1-2H3/b9-7+. The van der Waals surface area contributed by atoms with Gasteiger partial charge in [-0.2, -0.15) is 0 Å². The number of benzene rings is 2. The van der Waals surface area contributed by atoms with E-state index in [9.17, 15) is 0 Å². The van der Waals surface area contributed by atoms with Crippen molar-refractivity contribution in [3.8, 4) is 0 Å². The number of hydrogen-bond acceptors (Lipinski definition) is 9. The molecule has 9 heteroatoms. The smallest absolute Gasteiger partial charge is 0.137 e. The van der Waals surface area contributed by atoms with Crippen molar-refractivity contribution in [1.82, 2.24) is 20.1 Å². The molecule has 2 aromatic heterocycles. The highest BCUT2D eigenvalue weighted by atomic mass is 16.5. The number of anilines is 2. The molecule has 0 unspecified atom stereocenters. The maximum absolute atomic E-state index is 5.79. The van der Waals surface area contributed by atoms with Crippen LogP contribution in [0.25, 0.3) is 6.08 Å². The zero-order chi connectivity index (χ0) is 34.4. The third kappa shape index (κ3) is 11.3. The maximum Gasteiger partial charge on any atom is 0.137 e. The fourth-order valence-corrected chi connectivity index (χ4v) is 6.92. The molecule has 50 heavy (non-hydrogen) atoms. The molecule has 0 amide bonds. The minimum Gasteiger partial charge on any atom is -0.376 e. The molecule has 0 radical (unpaired) electrons. The molecule has 0 aliphatic carbocycles. The van der Waals surface area contributed by atoms with Crippen molar-refractivity contribution in [2.75, 3.05) is 88.5 Å². The summed E-state index contributed by atoms with van der Waals surface area (Å²) < 4.78 is 16.6. The van der Waals surface area contributed by atoms with Crippen molar-refractivity contribution in [2.24, 2.45) is 0 Å². The Hall–Kier alpha value is -3.92. The summed E-state index contributed by atoms with van der Waals surface area (Å²) in [5.41, 5.74) is 7.27. The van der Waals surface area contributed by atoms with Gasteiger partial charge >= 0.3 is 0 Å². The van der Waals surface area contributed by atoms with E-state index in [1.54, 1.807) is 0 Å². The number of hydrogen-bond donors (Lipinski definition) is 0. The third-order valence-electron chi connectivity index (χ3n) is 10.1. The van der Waals surface area contributed by atoms with E-state index in [-0.39, 0.29) is 0 Å². The van der Waals surface area contributed by atoms with E-state index < -0.39 is 0 Å². The second kappa shape index (κ2) is 18.9. The van der Waals surface area contributed by atoms with E-state index in [0.717, 1.165) is 94.6 Å².